The molecule has 0 spiro atoms. The number of hydrogen-bond donors (Lipinski definition) is 0. The molecule has 0 amide bonds. The van der Waals surface area contributed by atoms with E-state index in [4.69, 9.17) is 4.74 Å². The molecule has 0 aromatic carbocycles. The molecule has 4 heteroatoms. The first-order valence-electron chi connectivity index (χ1n) is 4.30. The van der Waals surface area contributed by atoms with Crippen LogP contribution < -0.4 is 0 Å². The van der Waals surface area contributed by atoms with Crippen LogP contribution in [0.3, 0.4) is 0 Å². The van der Waals surface area contributed by atoms with E-state index in [1.165, 1.54) is 0 Å². The summed E-state index contributed by atoms with van der Waals surface area (Å²) >= 11 is 0. The van der Waals surface area contributed by atoms with E-state index in [9.17, 15) is 13.2 Å². The molecule has 0 radical (unpaired) electrons. The number of hydrogen-bond acceptors (Lipinski definition) is 1. The number of allylic oxidation sites excluding steroid dienone is 3. The second-order valence-electron chi connectivity index (χ2n) is 3.39. The molecule has 0 N–H and O–H groups in total. The van der Waals surface area contributed by atoms with Crippen LogP contribution in [0.5, 0.6) is 0 Å². The van der Waals surface area contributed by atoms with Gasteiger partial charge in [0.2, 0.25) is 0 Å². The van der Waals surface area contributed by atoms with Crippen molar-refractivity contribution in [2.45, 2.75) is 24.3 Å². The lowest BCUT2D eigenvalue weighted by atomic mass is 9.97. The third kappa shape index (κ3) is 1.90. The molecule has 1 saturated heterocycles. The fourth-order valence-corrected chi connectivity index (χ4v) is 1.53. The van der Waals surface area contributed by atoms with Crippen molar-refractivity contribution in [1.82, 2.24) is 0 Å². The predicted octanol–water partition coefficient (Wildman–Crippen LogP) is 2.76. The second-order valence-corrected chi connectivity index (χ2v) is 3.39. The molecule has 0 aromatic rings. The molecular weight excluding hydrogens is 193 g/mol. The normalized spacial score (nSPS) is 34.9. The van der Waals surface area contributed by atoms with Gasteiger partial charge in [0.15, 0.2) is 0 Å². The molecule has 0 saturated carbocycles. The fourth-order valence-electron chi connectivity index (χ4n) is 1.53. The molecule has 1 heterocycles. The summed E-state index contributed by atoms with van der Waals surface area (Å²) in [6, 6.07) is 0. The lowest BCUT2D eigenvalue weighted by Crippen LogP contribution is -2.11. The number of epoxide rings is 1. The van der Waals surface area contributed by atoms with Gasteiger partial charge in [-0.2, -0.15) is 13.2 Å². The molecule has 2 atom stereocenters. The Labute approximate surface area is 79.6 Å². The van der Waals surface area contributed by atoms with Crippen LogP contribution in [0.25, 0.3) is 0 Å². The topological polar surface area (TPSA) is 12.5 Å². The fraction of sp³-hybridized carbons (Fsp3) is 0.400. The van der Waals surface area contributed by atoms with E-state index in [0.717, 1.165) is 6.08 Å². The zero-order valence-corrected chi connectivity index (χ0v) is 7.29. The molecule has 1 aliphatic heterocycles. The lowest BCUT2D eigenvalue weighted by molar-refractivity contribution is -0.0800. The molecule has 0 bridgehead atoms. The van der Waals surface area contributed by atoms with Crippen LogP contribution in [0, 0.1) is 0 Å². The maximum atomic E-state index is 11.8. The quantitative estimate of drug-likeness (QED) is 0.495. The summed E-state index contributed by atoms with van der Waals surface area (Å²) in [7, 11) is 0. The van der Waals surface area contributed by atoms with Gasteiger partial charge in [0.25, 0.3) is 0 Å². The molecule has 1 fully saturated rings. The van der Waals surface area contributed by atoms with Crippen LogP contribution in [0.2, 0.25) is 0 Å². The van der Waals surface area contributed by atoms with Gasteiger partial charge < -0.3 is 4.74 Å². The highest BCUT2D eigenvalue weighted by Gasteiger charge is 2.52. The summed E-state index contributed by atoms with van der Waals surface area (Å²) in [6.07, 6.45) is 4.67. The van der Waals surface area contributed by atoms with Gasteiger partial charge in [-0.1, -0.05) is 24.3 Å². The van der Waals surface area contributed by atoms with Crippen molar-refractivity contribution >= 4 is 0 Å². The number of alkyl halides is 3. The smallest absolute Gasteiger partial charge is 0.357 e. The molecule has 14 heavy (non-hydrogen) atoms. The molecule has 1 aliphatic carbocycles. The summed E-state index contributed by atoms with van der Waals surface area (Å²) in [5.41, 5.74) is -0.490. The Morgan fingerprint density at radius 1 is 1.36 bits per heavy atom. The number of fused-ring (bicyclic) bond motifs is 1. The first kappa shape index (κ1) is 9.52. The SMILES string of the molecule is FC(F)(F)C=CCC12C=CC=CC1O2. The van der Waals surface area contributed by atoms with Crippen molar-refractivity contribution < 1.29 is 17.9 Å². The maximum absolute atomic E-state index is 11.8. The first-order valence-corrected chi connectivity index (χ1v) is 4.30. The number of ether oxygens (including phenoxy) is 1. The van der Waals surface area contributed by atoms with Gasteiger partial charge in [-0.25, -0.2) is 0 Å². The first-order chi connectivity index (χ1) is 6.52. The monoisotopic (exact) mass is 202 g/mol. The Bertz CT molecular complexity index is 314. The zero-order valence-electron chi connectivity index (χ0n) is 7.29. The average molecular weight is 202 g/mol. The maximum Gasteiger partial charge on any atom is 0.409 e. The number of halogens is 3. The standard InChI is InChI=1S/C10H9F3O/c11-10(12,13)7-3-6-9-5-2-1-4-8(9)14-9/h1-5,7-8H,6H2. The van der Waals surface area contributed by atoms with Crippen molar-refractivity contribution in [3.05, 3.63) is 36.5 Å². The highest BCUT2D eigenvalue weighted by molar-refractivity contribution is 5.32. The zero-order chi connectivity index (χ0) is 10.2. The highest BCUT2D eigenvalue weighted by Crippen LogP contribution is 2.44. The summed E-state index contributed by atoms with van der Waals surface area (Å²) in [5.74, 6) is 0. The van der Waals surface area contributed by atoms with Crippen LogP contribution in [0.4, 0.5) is 13.2 Å². The minimum atomic E-state index is -4.23. The molecular formula is C10H9F3O. The molecule has 2 rings (SSSR count). The van der Waals surface area contributed by atoms with E-state index in [0.29, 0.717) is 0 Å². The van der Waals surface area contributed by atoms with E-state index in [2.05, 4.69) is 0 Å². The van der Waals surface area contributed by atoms with Crippen molar-refractivity contribution in [2.75, 3.05) is 0 Å². The molecule has 1 nitrogen and oxygen atoms in total. The Kier molecular flexibility index (Phi) is 2.03. The summed E-state index contributed by atoms with van der Waals surface area (Å²) < 4.78 is 40.7. The molecule has 2 unspecified atom stereocenters. The largest absolute Gasteiger partial charge is 0.409 e. The van der Waals surface area contributed by atoms with Crippen molar-refractivity contribution in [3.63, 3.8) is 0 Å². The van der Waals surface area contributed by atoms with E-state index < -0.39 is 11.8 Å². The summed E-state index contributed by atoms with van der Waals surface area (Å²) in [4.78, 5) is 0. The van der Waals surface area contributed by atoms with Gasteiger partial charge in [-0.05, 0) is 6.08 Å². The van der Waals surface area contributed by atoms with E-state index in [1.54, 1.807) is 12.2 Å². The van der Waals surface area contributed by atoms with Gasteiger partial charge >= 0.3 is 6.18 Å². The number of rotatable bonds is 2. The van der Waals surface area contributed by atoms with Crippen molar-refractivity contribution in [3.8, 4) is 0 Å². The van der Waals surface area contributed by atoms with Gasteiger partial charge in [-0.15, -0.1) is 0 Å². The Hall–Kier alpha value is -1.03. The van der Waals surface area contributed by atoms with Gasteiger partial charge in [0.1, 0.15) is 11.7 Å². The van der Waals surface area contributed by atoms with E-state index in [1.807, 2.05) is 12.2 Å². The van der Waals surface area contributed by atoms with Crippen LogP contribution in [0.1, 0.15) is 6.42 Å². The van der Waals surface area contributed by atoms with Gasteiger partial charge in [0.05, 0.1) is 0 Å². The second kappa shape index (κ2) is 2.98. The Balaban J connectivity index is 1.92. The Morgan fingerprint density at radius 2 is 2.14 bits per heavy atom. The minimum absolute atomic E-state index is 0.0367. The van der Waals surface area contributed by atoms with Crippen LogP contribution in [-0.4, -0.2) is 17.9 Å². The van der Waals surface area contributed by atoms with Crippen LogP contribution >= 0.6 is 0 Å². The van der Waals surface area contributed by atoms with Gasteiger partial charge in [-0.3, -0.25) is 0 Å². The minimum Gasteiger partial charge on any atom is -0.357 e. The van der Waals surface area contributed by atoms with Crippen LogP contribution in [0.15, 0.2) is 36.5 Å². The molecule has 76 valence electrons. The van der Waals surface area contributed by atoms with E-state index in [-0.39, 0.29) is 18.6 Å². The summed E-state index contributed by atoms with van der Waals surface area (Å²) in [5, 5.41) is 0. The predicted molar refractivity (Wildman–Crippen MR) is 45.7 cm³/mol. The van der Waals surface area contributed by atoms with Gasteiger partial charge in [0, 0.05) is 12.5 Å². The molecule has 0 aromatic heterocycles. The lowest BCUT2D eigenvalue weighted by Gasteiger charge is -2.05. The van der Waals surface area contributed by atoms with Crippen molar-refractivity contribution in [2.24, 2.45) is 0 Å². The third-order valence-electron chi connectivity index (χ3n) is 2.29. The molecule has 2 aliphatic rings. The third-order valence-corrected chi connectivity index (χ3v) is 2.29. The van der Waals surface area contributed by atoms with E-state index >= 15 is 0 Å². The summed E-state index contributed by atoms with van der Waals surface area (Å²) in [6.45, 7) is 0. The highest BCUT2D eigenvalue weighted by atomic mass is 19.4. The average Bonchev–Trinajstić information content (AvgIpc) is 2.76. The van der Waals surface area contributed by atoms with Crippen molar-refractivity contribution in [1.29, 1.82) is 0 Å². The Morgan fingerprint density at radius 3 is 2.79 bits per heavy atom. The van der Waals surface area contributed by atoms with Crippen LogP contribution in [-0.2, 0) is 4.74 Å².